The van der Waals surface area contributed by atoms with E-state index in [9.17, 15) is 19.5 Å². The van der Waals surface area contributed by atoms with E-state index in [1.807, 2.05) is 24.3 Å². The zero-order valence-corrected chi connectivity index (χ0v) is 27.0. The molecule has 1 aliphatic carbocycles. The first kappa shape index (κ1) is 35.3. The Balaban J connectivity index is 1.21. The first-order valence-corrected chi connectivity index (χ1v) is 17.3. The maximum absolute atomic E-state index is 12.6. The van der Waals surface area contributed by atoms with Crippen LogP contribution in [0.4, 0.5) is 0 Å². The summed E-state index contributed by atoms with van der Waals surface area (Å²) in [7, 11) is 0. The SMILES string of the molecule is CCCCCCCCCCCCCCCC(=O)NCCCC[C@H](CC(=O)OCC1c2ccccc2-c2ccccc21)C(=O)O. The number of hydrogen-bond acceptors (Lipinski definition) is 4. The average Bonchev–Trinajstić information content (AvgIpc) is 3.35. The Bertz CT molecular complexity index is 1100. The maximum Gasteiger partial charge on any atom is 0.307 e. The van der Waals surface area contributed by atoms with Crippen molar-refractivity contribution in [2.75, 3.05) is 13.2 Å². The molecule has 0 bridgehead atoms. The van der Waals surface area contributed by atoms with Gasteiger partial charge in [-0.25, -0.2) is 0 Å². The largest absolute Gasteiger partial charge is 0.481 e. The summed E-state index contributed by atoms with van der Waals surface area (Å²) in [6.07, 6.45) is 18.8. The predicted molar refractivity (Wildman–Crippen MR) is 178 cm³/mol. The van der Waals surface area contributed by atoms with Gasteiger partial charge >= 0.3 is 11.9 Å². The Morgan fingerprint density at radius 3 is 1.80 bits per heavy atom. The van der Waals surface area contributed by atoms with Crippen LogP contribution in [0.3, 0.4) is 0 Å². The summed E-state index contributed by atoms with van der Waals surface area (Å²) in [5.74, 6) is -2.22. The van der Waals surface area contributed by atoms with Crippen molar-refractivity contribution in [1.29, 1.82) is 0 Å². The minimum Gasteiger partial charge on any atom is -0.481 e. The topological polar surface area (TPSA) is 92.7 Å². The second-order valence-electron chi connectivity index (χ2n) is 12.5. The fourth-order valence-corrected chi connectivity index (χ4v) is 6.32. The van der Waals surface area contributed by atoms with Crippen molar-refractivity contribution in [1.82, 2.24) is 5.32 Å². The summed E-state index contributed by atoms with van der Waals surface area (Å²) in [5, 5.41) is 12.6. The molecule has 1 atom stereocenters. The standard InChI is InChI=1S/C38H55NO5/c1-2-3-4-5-6-7-8-9-10-11-12-13-14-26-36(40)39-27-20-19-21-30(38(42)43)28-37(41)44-29-35-33-24-17-15-22-31(33)32-23-16-18-25-34(32)35/h15-18,22-25,30,35H,2-14,19-21,26-29H2,1H3,(H,39,40)(H,42,43)/t30-/m1/s1. The molecule has 0 aliphatic heterocycles. The van der Waals surface area contributed by atoms with Crippen LogP contribution in [0.1, 0.15) is 140 Å². The summed E-state index contributed by atoms with van der Waals surface area (Å²) >= 11 is 0. The molecule has 2 aromatic rings. The molecule has 0 aromatic heterocycles. The molecule has 6 nitrogen and oxygen atoms in total. The summed E-state index contributed by atoms with van der Waals surface area (Å²) in [6, 6.07) is 16.3. The van der Waals surface area contributed by atoms with Gasteiger partial charge in [-0.05, 0) is 41.5 Å². The molecule has 0 fully saturated rings. The third-order valence-corrected chi connectivity index (χ3v) is 8.94. The van der Waals surface area contributed by atoms with Crippen molar-refractivity contribution in [3.05, 3.63) is 59.7 Å². The van der Waals surface area contributed by atoms with E-state index < -0.39 is 17.9 Å². The zero-order chi connectivity index (χ0) is 31.4. The number of unbranched alkanes of at least 4 members (excludes halogenated alkanes) is 13. The number of aliphatic carboxylic acids is 1. The zero-order valence-electron chi connectivity index (χ0n) is 27.0. The van der Waals surface area contributed by atoms with Gasteiger partial charge in [-0.15, -0.1) is 0 Å². The smallest absolute Gasteiger partial charge is 0.307 e. The van der Waals surface area contributed by atoms with Crippen LogP contribution < -0.4 is 5.32 Å². The molecular weight excluding hydrogens is 550 g/mol. The van der Waals surface area contributed by atoms with E-state index in [2.05, 4.69) is 36.5 Å². The number of hydrogen-bond donors (Lipinski definition) is 2. The number of amides is 1. The lowest BCUT2D eigenvalue weighted by Gasteiger charge is -2.16. The number of nitrogens with one attached hydrogen (secondary N) is 1. The predicted octanol–water partition coefficient (Wildman–Crippen LogP) is 9.20. The molecule has 2 N–H and O–H groups in total. The highest BCUT2D eigenvalue weighted by Crippen LogP contribution is 2.44. The summed E-state index contributed by atoms with van der Waals surface area (Å²) in [5.41, 5.74) is 4.58. The van der Waals surface area contributed by atoms with Crippen LogP contribution in [0.25, 0.3) is 11.1 Å². The minimum atomic E-state index is -0.982. The van der Waals surface area contributed by atoms with Crippen molar-refractivity contribution < 1.29 is 24.2 Å². The molecule has 0 saturated carbocycles. The van der Waals surface area contributed by atoms with E-state index in [1.54, 1.807) is 0 Å². The maximum atomic E-state index is 12.6. The highest BCUT2D eigenvalue weighted by molar-refractivity contribution is 5.80. The van der Waals surface area contributed by atoms with Crippen LogP contribution in [-0.4, -0.2) is 36.1 Å². The number of carboxylic acids is 1. The lowest BCUT2D eigenvalue weighted by molar-refractivity contribution is -0.152. The second-order valence-corrected chi connectivity index (χ2v) is 12.5. The van der Waals surface area contributed by atoms with Gasteiger partial charge < -0.3 is 15.2 Å². The van der Waals surface area contributed by atoms with Crippen molar-refractivity contribution in [2.45, 2.75) is 128 Å². The van der Waals surface area contributed by atoms with E-state index in [0.29, 0.717) is 32.2 Å². The lowest BCUT2D eigenvalue weighted by atomic mass is 9.97. The van der Waals surface area contributed by atoms with Crippen molar-refractivity contribution in [2.24, 2.45) is 5.92 Å². The summed E-state index contributed by atoms with van der Waals surface area (Å²) in [6.45, 7) is 2.99. The van der Waals surface area contributed by atoms with Gasteiger partial charge in [-0.3, -0.25) is 14.4 Å². The van der Waals surface area contributed by atoms with Gasteiger partial charge in [0.05, 0.1) is 12.3 Å². The quantitative estimate of drug-likeness (QED) is 0.0919. The van der Waals surface area contributed by atoms with E-state index in [-0.39, 0.29) is 24.9 Å². The first-order valence-electron chi connectivity index (χ1n) is 17.3. The van der Waals surface area contributed by atoms with Gasteiger partial charge in [0.25, 0.3) is 0 Å². The number of esters is 1. The van der Waals surface area contributed by atoms with Crippen LogP contribution in [-0.2, 0) is 19.1 Å². The number of rotatable bonds is 24. The van der Waals surface area contributed by atoms with Gasteiger partial charge in [0.2, 0.25) is 5.91 Å². The van der Waals surface area contributed by atoms with E-state index in [0.717, 1.165) is 35.1 Å². The highest BCUT2D eigenvalue weighted by atomic mass is 16.5. The van der Waals surface area contributed by atoms with Gasteiger partial charge in [0, 0.05) is 18.9 Å². The molecule has 0 saturated heterocycles. The molecule has 6 heteroatoms. The molecule has 0 heterocycles. The Hall–Kier alpha value is -3.15. The molecule has 0 unspecified atom stereocenters. The molecule has 1 aliphatic rings. The summed E-state index contributed by atoms with van der Waals surface area (Å²) in [4.78, 5) is 36.6. The number of benzene rings is 2. The fourth-order valence-electron chi connectivity index (χ4n) is 6.32. The molecule has 2 aromatic carbocycles. The third-order valence-electron chi connectivity index (χ3n) is 8.94. The minimum absolute atomic E-state index is 0.0436. The van der Waals surface area contributed by atoms with E-state index >= 15 is 0 Å². The lowest BCUT2D eigenvalue weighted by Crippen LogP contribution is -2.24. The number of carbonyl (C=O) groups excluding carboxylic acids is 2. The molecule has 3 rings (SSSR count). The monoisotopic (exact) mass is 605 g/mol. The normalized spacial score (nSPS) is 12.8. The van der Waals surface area contributed by atoms with E-state index in [1.165, 1.54) is 70.6 Å². The Labute approximate surface area is 265 Å². The van der Waals surface area contributed by atoms with Crippen LogP contribution in [0.15, 0.2) is 48.5 Å². The average molecular weight is 606 g/mol. The van der Waals surface area contributed by atoms with Gasteiger partial charge in [0.1, 0.15) is 6.61 Å². The Morgan fingerprint density at radius 2 is 1.25 bits per heavy atom. The third kappa shape index (κ3) is 12.5. The van der Waals surface area contributed by atoms with Crippen molar-refractivity contribution >= 4 is 17.8 Å². The number of carbonyl (C=O) groups is 3. The van der Waals surface area contributed by atoms with Crippen molar-refractivity contribution in [3.8, 4) is 11.1 Å². The van der Waals surface area contributed by atoms with Gasteiger partial charge in [0.15, 0.2) is 0 Å². The molecule has 0 radical (unpaired) electrons. The van der Waals surface area contributed by atoms with Gasteiger partial charge in [-0.2, -0.15) is 0 Å². The Kier molecular flexibility index (Phi) is 16.7. The molecule has 242 valence electrons. The fraction of sp³-hybridized carbons (Fsp3) is 0.605. The molecule has 0 spiro atoms. The van der Waals surface area contributed by atoms with E-state index in [4.69, 9.17) is 4.74 Å². The first-order chi connectivity index (χ1) is 21.5. The second kappa shape index (κ2) is 20.7. The summed E-state index contributed by atoms with van der Waals surface area (Å²) < 4.78 is 5.62. The van der Waals surface area contributed by atoms with Crippen molar-refractivity contribution in [3.63, 3.8) is 0 Å². The molecular formula is C38H55NO5. The van der Waals surface area contributed by atoms with Gasteiger partial charge in [-0.1, -0.05) is 139 Å². The van der Waals surface area contributed by atoms with Crippen LogP contribution in [0.2, 0.25) is 0 Å². The number of ether oxygens (including phenoxy) is 1. The highest BCUT2D eigenvalue weighted by Gasteiger charge is 2.30. The molecule has 1 amide bonds. The van der Waals surface area contributed by atoms with Crippen LogP contribution >= 0.6 is 0 Å². The van der Waals surface area contributed by atoms with Crippen LogP contribution in [0.5, 0.6) is 0 Å². The Morgan fingerprint density at radius 1 is 0.727 bits per heavy atom. The number of carboxylic acid groups (broad SMARTS) is 1. The number of fused-ring (bicyclic) bond motifs is 3. The van der Waals surface area contributed by atoms with Crippen LogP contribution in [0, 0.1) is 5.92 Å². The molecule has 44 heavy (non-hydrogen) atoms.